The average molecular weight is 445 g/mol. The van der Waals surface area contributed by atoms with Crippen molar-refractivity contribution in [3.8, 4) is 11.5 Å². The Labute approximate surface area is 192 Å². The highest BCUT2D eigenvalue weighted by Gasteiger charge is 2.46. The van der Waals surface area contributed by atoms with Crippen molar-refractivity contribution in [2.45, 2.75) is 32.2 Å². The van der Waals surface area contributed by atoms with Crippen molar-refractivity contribution in [3.05, 3.63) is 76.8 Å². The van der Waals surface area contributed by atoms with Crippen LogP contribution in [0.15, 0.2) is 55.1 Å². The maximum Gasteiger partial charge on any atom is 0.165 e. The zero-order chi connectivity index (χ0) is 21.9. The highest BCUT2D eigenvalue weighted by Crippen LogP contribution is 2.51. The summed E-state index contributed by atoms with van der Waals surface area (Å²) in [6.45, 7) is 3.84. The number of piperidine rings is 1. The minimum atomic E-state index is 0.112. The summed E-state index contributed by atoms with van der Waals surface area (Å²) in [7, 11) is 0. The monoisotopic (exact) mass is 444 g/mol. The number of aromatic nitrogens is 4. The minimum Gasteiger partial charge on any atom is -0.355 e. The van der Waals surface area contributed by atoms with Crippen LogP contribution < -0.4 is 10.6 Å². The quantitative estimate of drug-likeness (QED) is 0.489. The summed E-state index contributed by atoms with van der Waals surface area (Å²) in [4.78, 5) is 16.2. The zero-order valence-corrected chi connectivity index (χ0v) is 18.8. The maximum atomic E-state index is 6.76. The molecule has 1 aliphatic carbocycles. The van der Waals surface area contributed by atoms with Crippen LogP contribution in [-0.4, -0.2) is 32.4 Å². The molecule has 0 saturated carbocycles. The third kappa shape index (κ3) is 2.86. The molecule has 32 heavy (non-hydrogen) atoms. The van der Waals surface area contributed by atoms with Gasteiger partial charge in [0.05, 0.1) is 11.2 Å². The predicted molar refractivity (Wildman–Crippen MR) is 127 cm³/mol. The van der Waals surface area contributed by atoms with E-state index in [9.17, 15) is 0 Å². The summed E-state index contributed by atoms with van der Waals surface area (Å²) in [6, 6.07) is 10.7. The van der Waals surface area contributed by atoms with E-state index in [0.717, 1.165) is 55.1 Å². The van der Waals surface area contributed by atoms with Gasteiger partial charge >= 0.3 is 0 Å². The Bertz CT molecular complexity index is 1320. The van der Waals surface area contributed by atoms with Crippen molar-refractivity contribution >= 4 is 22.9 Å². The van der Waals surface area contributed by atoms with Crippen molar-refractivity contribution < 1.29 is 0 Å². The topological polar surface area (TPSA) is 72.3 Å². The minimum absolute atomic E-state index is 0.112. The molecule has 4 aromatic rings. The van der Waals surface area contributed by atoms with E-state index in [4.69, 9.17) is 22.3 Å². The summed E-state index contributed by atoms with van der Waals surface area (Å²) in [5.74, 6) is 1.69. The maximum absolute atomic E-state index is 6.76. The van der Waals surface area contributed by atoms with Crippen LogP contribution in [0.5, 0.6) is 0 Å². The van der Waals surface area contributed by atoms with E-state index in [-0.39, 0.29) is 11.5 Å². The van der Waals surface area contributed by atoms with Crippen molar-refractivity contribution in [1.29, 1.82) is 0 Å². The summed E-state index contributed by atoms with van der Waals surface area (Å²) in [5, 5.41) is 0.632. The van der Waals surface area contributed by atoms with Crippen LogP contribution >= 0.6 is 11.6 Å². The Kier molecular flexibility index (Phi) is 4.49. The SMILES string of the molecule is Cc1ccnc(-c2ncc3c(N4CCC5(CC4)Cc4ccccc4[C@H]5N)nccn23)c1Cl. The van der Waals surface area contributed by atoms with Gasteiger partial charge in [-0.05, 0) is 54.4 Å². The van der Waals surface area contributed by atoms with Crippen LogP contribution in [0, 0.1) is 12.3 Å². The number of hydrogen-bond acceptors (Lipinski definition) is 5. The van der Waals surface area contributed by atoms with Crippen LogP contribution in [0.1, 0.15) is 35.6 Å². The average Bonchev–Trinajstić information content (AvgIpc) is 3.36. The number of aryl methyl sites for hydroxylation is 1. The summed E-state index contributed by atoms with van der Waals surface area (Å²) in [6.07, 6.45) is 10.6. The van der Waals surface area contributed by atoms with Crippen LogP contribution in [0.3, 0.4) is 0 Å². The van der Waals surface area contributed by atoms with Gasteiger partial charge < -0.3 is 10.6 Å². The van der Waals surface area contributed by atoms with Crippen molar-refractivity contribution in [3.63, 3.8) is 0 Å². The highest BCUT2D eigenvalue weighted by atomic mass is 35.5. The Morgan fingerprint density at radius 3 is 2.69 bits per heavy atom. The highest BCUT2D eigenvalue weighted by molar-refractivity contribution is 6.33. The van der Waals surface area contributed by atoms with Gasteiger partial charge in [-0.2, -0.15) is 0 Å². The van der Waals surface area contributed by atoms with Crippen molar-refractivity contribution in [1.82, 2.24) is 19.4 Å². The zero-order valence-electron chi connectivity index (χ0n) is 18.0. The third-order valence-electron chi connectivity index (χ3n) is 7.38. The molecule has 1 aliphatic heterocycles. The van der Waals surface area contributed by atoms with Crippen LogP contribution in [0.2, 0.25) is 5.02 Å². The number of nitrogens with zero attached hydrogens (tertiary/aromatic N) is 5. The number of halogens is 1. The van der Waals surface area contributed by atoms with Crippen LogP contribution in [0.25, 0.3) is 17.0 Å². The molecule has 0 radical (unpaired) electrons. The summed E-state index contributed by atoms with van der Waals surface area (Å²) < 4.78 is 2.04. The van der Waals surface area contributed by atoms with E-state index in [1.165, 1.54) is 11.1 Å². The number of imidazole rings is 1. The van der Waals surface area contributed by atoms with Gasteiger partial charge in [0.2, 0.25) is 0 Å². The van der Waals surface area contributed by atoms with Gasteiger partial charge in [-0.1, -0.05) is 35.9 Å². The fraction of sp³-hybridized carbons (Fsp3) is 0.320. The molecule has 6 rings (SSSR count). The van der Waals surface area contributed by atoms with Gasteiger partial charge in [0, 0.05) is 37.7 Å². The Hall–Kier alpha value is -2.96. The Balaban J connectivity index is 1.31. The predicted octanol–water partition coefficient (Wildman–Crippen LogP) is 4.60. The lowest BCUT2D eigenvalue weighted by Gasteiger charge is -2.42. The van der Waals surface area contributed by atoms with Gasteiger partial charge in [-0.3, -0.25) is 9.38 Å². The van der Waals surface area contributed by atoms with E-state index in [1.54, 1.807) is 6.20 Å². The van der Waals surface area contributed by atoms with Crippen molar-refractivity contribution in [2.24, 2.45) is 11.1 Å². The lowest BCUT2D eigenvalue weighted by molar-refractivity contribution is 0.187. The van der Waals surface area contributed by atoms with E-state index < -0.39 is 0 Å². The van der Waals surface area contributed by atoms with Crippen molar-refractivity contribution in [2.75, 3.05) is 18.0 Å². The number of fused-ring (bicyclic) bond motifs is 2. The fourth-order valence-electron chi connectivity index (χ4n) is 5.50. The first-order valence-electron chi connectivity index (χ1n) is 11.1. The van der Waals surface area contributed by atoms with Gasteiger partial charge in [0.1, 0.15) is 11.2 Å². The molecule has 1 atom stereocenters. The van der Waals surface area contributed by atoms with E-state index in [0.29, 0.717) is 10.7 Å². The number of nitrogens with two attached hydrogens (primary N) is 1. The molecule has 0 bridgehead atoms. The number of pyridine rings is 1. The van der Waals surface area contributed by atoms with Gasteiger partial charge in [0.15, 0.2) is 11.6 Å². The second-order valence-electron chi connectivity index (χ2n) is 9.08. The standard InChI is InChI=1S/C25H25ClN6/c1-16-6-9-28-21(20(16)26)24-30-15-19-23(29-10-13-32(19)24)31-11-7-25(8-12-31)14-17-4-2-3-5-18(17)22(25)27/h2-6,9-10,13,15,22H,7-8,11-12,14,27H2,1H3/t22-/m1/s1. The molecule has 1 saturated heterocycles. The second-order valence-corrected chi connectivity index (χ2v) is 9.46. The van der Waals surface area contributed by atoms with Crippen LogP contribution in [0.4, 0.5) is 5.82 Å². The van der Waals surface area contributed by atoms with Crippen LogP contribution in [-0.2, 0) is 6.42 Å². The van der Waals surface area contributed by atoms with Gasteiger partial charge in [-0.25, -0.2) is 9.97 Å². The summed E-state index contributed by atoms with van der Waals surface area (Å²) in [5.41, 5.74) is 12.3. The molecule has 1 aromatic carbocycles. The van der Waals surface area contributed by atoms with Gasteiger partial charge in [-0.15, -0.1) is 0 Å². The molecule has 4 heterocycles. The molecule has 0 unspecified atom stereocenters. The molecule has 1 fully saturated rings. The fourth-order valence-corrected chi connectivity index (χ4v) is 5.69. The number of anilines is 1. The largest absolute Gasteiger partial charge is 0.355 e. The normalized spacial score (nSPS) is 19.6. The third-order valence-corrected chi connectivity index (χ3v) is 7.86. The molecule has 1 spiro atoms. The first-order valence-corrected chi connectivity index (χ1v) is 11.5. The first-order chi connectivity index (χ1) is 15.6. The molecule has 2 N–H and O–H groups in total. The lowest BCUT2D eigenvalue weighted by atomic mass is 9.73. The van der Waals surface area contributed by atoms with E-state index >= 15 is 0 Å². The van der Waals surface area contributed by atoms with Gasteiger partial charge in [0.25, 0.3) is 0 Å². The smallest absolute Gasteiger partial charge is 0.165 e. The number of rotatable bonds is 2. The Morgan fingerprint density at radius 2 is 1.88 bits per heavy atom. The summed E-state index contributed by atoms with van der Waals surface area (Å²) >= 11 is 6.54. The molecule has 2 aliphatic rings. The molecule has 162 valence electrons. The first kappa shape index (κ1) is 19.7. The van der Waals surface area contributed by atoms with E-state index in [1.807, 2.05) is 36.0 Å². The molecule has 3 aromatic heterocycles. The number of hydrogen-bond donors (Lipinski definition) is 1. The molecule has 7 heteroatoms. The van der Waals surface area contributed by atoms with E-state index in [2.05, 4.69) is 39.1 Å². The Morgan fingerprint density at radius 1 is 1.06 bits per heavy atom. The number of benzene rings is 1. The lowest BCUT2D eigenvalue weighted by Crippen LogP contribution is -2.44. The molecule has 6 nitrogen and oxygen atoms in total. The molecule has 0 amide bonds. The second kappa shape index (κ2) is 7.29. The molecular formula is C25H25ClN6. The molecular weight excluding hydrogens is 420 g/mol.